The van der Waals surface area contributed by atoms with Crippen LogP contribution in [-0.2, 0) is 9.59 Å². The van der Waals surface area contributed by atoms with E-state index in [0.717, 1.165) is 0 Å². The van der Waals surface area contributed by atoms with Crippen molar-refractivity contribution in [2.75, 3.05) is 0 Å². The Balaban J connectivity index is 2.96. The highest BCUT2D eigenvalue weighted by Gasteiger charge is 2.16. The van der Waals surface area contributed by atoms with Crippen LogP contribution in [0.3, 0.4) is 0 Å². The molecule has 0 saturated heterocycles. The van der Waals surface area contributed by atoms with Gasteiger partial charge in [-0.2, -0.15) is 0 Å². The molecule has 0 aliphatic heterocycles. The smallest absolute Gasteiger partial charge is 0.377 e. The maximum absolute atomic E-state index is 11.0. The summed E-state index contributed by atoms with van der Waals surface area (Å²) in [4.78, 5) is 21.3. The lowest BCUT2D eigenvalue weighted by Gasteiger charge is -2.00. The Morgan fingerprint density at radius 3 is 2.14 bits per heavy atom. The quantitative estimate of drug-likeness (QED) is 0.613. The molecule has 0 spiro atoms. The van der Waals surface area contributed by atoms with Gasteiger partial charge in [-0.15, -0.1) is 0 Å². The highest BCUT2D eigenvalue weighted by molar-refractivity contribution is 6.50. The summed E-state index contributed by atoms with van der Waals surface area (Å²) in [5.74, 6) is -2.52. The van der Waals surface area contributed by atoms with E-state index in [-0.39, 0.29) is 5.57 Å². The number of carboxylic acid groups (broad SMARTS) is 1. The number of Topliss-reactive ketones (excluding diaryl/α,β-unsaturated/α-hetero) is 1. The van der Waals surface area contributed by atoms with Crippen LogP contribution in [0, 0.1) is 0 Å². The summed E-state index contributed by atoms with van der Waals surface area (Å²) in [5, 5.41) is 8.95. The molecular formula is C10H7ClO3. The molecule has 0 aliphatic carbocycles. The molecule has 1 N–H and O–H groups in total. The van der Waals surface area contributed by atoms with Gasteiger partial charge in [0, 0.05) is 10.6 Å². The number of carbonyl (C=O) groups excluding carboxylic acids is 1. The average molecular weight is 211 g/mol. The third-order valence-corrected chi connectivity index (χ3v) is 1.91. The van der Waals surface area contributed by atoms with Crippen molar-refractivity contribution < 1.29 is 14.7 Å². The Hall–Kier alpha value is -1.61. The number of carboxylic acids is 1. The van der Waals surface area contributed by atoms with E-state index in [1.54, 1.807) is 24.3 Å². The highest BCUT2D eigenvalue weighted by Crippen LogP contribution is 2.16. The van der Waals surface area contributed by atoms with Crippen LogP contribution in [0.2, 0.25) is 5.02 Å². The molecule has 14 heavy (non-hydrogen) atoms. The van der Waals surface area contributed by atoms with E-state index >= 15 is 0 Å². The van der Waals surface area contributed by atoms with Crippen LogP contribution in [0.1, 0.15) is 5.56 Å². The second-order valence-corrected chi connectivity index (χ2v) is 3.06. The molecule has 0 atom stereocenters. The number of hydrogen-bond donors (Lipinski definition) is 1. The van der Waals surface area contributed by atoms with Crippen LogP contribution in [-0.4, -0.2) is 16.9 Å². The molecule has 0 fully saturated rings. The van der Waals surface area contributed by atoms with Gasteiger partial charge in [0.15, 0.2) is 0 Å². The third-order valence-electron chi connectivity index (χ3n) is 1.66. The second kappa shape index (κ2) is 4.07. The van der Waals surface area contributed by atoms with Gasteiger partial charge < -0.3 is 5.11 Å². The lowest BCUT2D eigenvalue weighted by atomic mass is 10.0. The molecule has 1 aromatic carbocycles. The predicted octanol–water partition coefficient (Wildman–Crippen LogP) is 2.01. The largest absolute Gasteiger partial charge is 0.475 e. The van der Waals surface area contributed by atoms with Crippen LogP contribution in [0.25, 0.3) is 5.57 Å². The van der Waals surface area contributed by atoms with Crippen molar-refractivity contribution in [1.82, 2.24) is 0 Å². The minimum Gasteiger partial charge on any atom is -0.475 e. The lowest BCUT2D eigenvalue weighted by Crippen LogP contribution is -2.13. The average Bonchev–Trinajstić information content (AvgIpc) is 2.16. The van der Waals surface area contributed by atoms with Gasteiger partial charge in [-0.1, -0.05) is 30.3 Å². The molecule has 0 radical (unpaired) electrons. The number of rotatable bonds is 3. The van der Waals surface area contributed by atoms with Crippen molar-refractivity contribution in [2.24, 2.45) is 0 Å². The monoisotopic (exact) mass is 210 g/mol. The number of carbonyl (C=O) groups is 2. The van der Waals surface area contributed by atoms with Gasteiger partial charge in [0.1, 0.15) is 0 Å². The normalized spacial score (nSPS) is 9.50. The zero-order valence-corrected chi connectivity index (χ0v) is 7.91. The molecule has 0 amide bonds. The Bertz CT molecular complexity index is 392. The van der Waals surface area contributed by atoms with Crippen molar-refractivity contribution in [1.29, 1.82) is 0 Å². The summed E-state index contributed by atoms with van der Waals surface area (Å²) in [7, 11) is 0. The van der Waals surface area contributed by atoms with Crippen LogP contribution in [0.5, 0.6) is 0 Å². The minimum atomic E-state index is -1.51. The fraction of sp³-hybridized carbons (Fsp3) is 0. The summed E-state index contributed by atoms with van der Waals surface area (Å²) in [6.45, 7) is 3.40. The molecule has 0 heterocycles. The molecule has 72 valence electrons. The Labute approximate surface area is 85.6 Å². The lowest BCUT2D eigenvalue weighted by molar-refractivity contribution is -0.146. The first-order valence-corrected chi connectivity index (χ1v) is 4.12. The van der Waals surface area contributed by atoms with Crippen molar-refractivity contribution in [3.8, 4) is 0 Å². The molecule has 0 saturated carbocycles. The number of hydrogen-bond acceptors (Lipinski definition) is 2. The Morgan fingerprint density at radius 1 is 1.21 bits per heavy atom. The molecule has 1 aromatic rings. The van der Waals surface area contributed by atoms with Crippen LogP contribution < -0.4 is 0 Å². The number of halogens is 1. The molecule has 0 aliphatic rings. The topological polar surface area (TPSA) is 54.4 Å². The highest BCUT2D eigenvalue weighted by atomic mass is 35.5. The van der Waals surface area contributed by atoms with Crippen molar-refractivity contribution in [3.63, 3.8) is 0 Å². The van der Waals surface area contributed by atoms with Crippen LogP contribution in [0.4, 0.5) is 0 Å². The van der Waals surface area contributed by atoms with Crippen molar-refractivity contribution in [2.45, 2.75) is 0 Å². The van der Waals surface area contributed by atoms with E-state index in [2.05, 4.69) is 6.58 Å². The van der Waals surface area contributed by atoms with E-state index in [0.29, 0.717) is 10.6 Å². The molecule has 0 aromatic heterocycles. The predicted molar refractivity (Wildman–Crippen MR) is 53.1 cm³/mol. The van der Waals surface area contributed by atoms with Crippen LogP contribution >= 0.6 is 11.6 Å². The molecule has 4 heteroatoms. The second-order valence-electron chi connectivity index (χ2n) is 2.62. The van der Waals surface area contributed by atoms with Gasteiger partial charge in [-0.3, -0.25) is 4.79 Å². The van der Waals surface area contributed by atoms with E-state index in [1.807, 2.05) is 0 Å². The number of benzene rings is 1. The van der Waals surface area contributed by atoms with E-state index in [9.17, 15) is 9.59 Å². The molecule has 1 rings (SSSR count). The molecule has 0 unspecified atom stereocenters. The fourth-order valence-electron chi connectivity index (χ4n) is 0.911. The molecule has 0 bridgehead atoms. The fourth-order valence-corrected chi connectivity index (χ4v) is 1.04. The van der Waals surface area contributed by atoms with Gasteiger partial charge in [0.05, 0.1) is 0 Å². The molecular weight excluding hydrogens is 204 g/mol. The zero-order chi connectivity index (χ0) is 10.7. The van der Waals surface area contributed by atoms with E-state index < -0.39 is 11.8 Å². The first-order valence-electron chi connectivity index (χ1n) is 3.75. The summed E-state index contributed by atoms with van der Waals surface area (Å²) in [5.41, 5.74) is 0.413. The number of ketones is 1. The SMILES string of the molecule is C=C(C(=O)C(=O)O)c1ccc(Cl)cc1. The van der Waals surface area contributed by atoms with Crippen molar-refractivity contribution in [3.05, 3.63) is 41.4 Å². The first kappa shape index (κ1) is 10.5. The summed E-state index contributed by atoms with van der Waals surface area (Å²) in [6, 6.07) is 6.23. The van der Waals surface area contributed by atoms with E-state index in [4.69, 9.17) is 16.7 Å². The van der Waals surface area contributed by atoms with Crippen molar-refractivity contribution >= 4 is 28.9 Å². The molecule has 3 nitrogen and oxygen atoms in total. The van der Waals surface area contributed by atoms with E-state index in [1.165, 1.54) is 0 Å². The van der Waals surface area contributed by atoms with Gasteiger partial charge in [0.2, 0.25) is 0 Å². The third kappa shape index (κ3) is 2.20. The minimum absolute atomic E-state index is 0.0471. The van der Waals surface area contributed by atoms with Gasteiger partial charge in [-0.05, 0) is 17.7 Å². The standard InChI is InChI=1S/C10H7ClO3/c1-6(9(12)10(13)14)7-2-4-8(11)5-3-7/h2-5H,1H2,(H,13,14). The summed E-state index contributed by atoms with van der Waals surface area (Å²) < 4.78 is 0. The van der Waals surface area contributed by atoms with Crippen LogP contribution in [0.15, 0.2) is 30.8 Å². The maximum atomic E-state index is 11.0. The van der Waals surface area contributed by atoms with Gasteiger partial charge >= 0.3 is 5.97 Å². The maximum Gasteiger partial charge on any atom is 0.377 e. The summed E-state index contributed by atoms with van der Waals surface area (Å²) >= 11 is 5.63. The first-order chi connectivity index (χ1) is 6.52. The number of aliphatic carboxylic acids is 1. The van der Waals surface area contributed by atoms with Gasteiger partial charge in [-0.25, -0.2) is 4.79 Å². The summed E-state index contributed by atoms with van der Waals surface area (Å²) in [6.07, 6.45) is 0. The Kier molecular flexibility index (Phi) is 3.04. The zero-order valence-electron chi connectivity index (χ0n) is 7.16. The Morgan fingerprint density at radius 2 is 1.71 bits per heavy atom. The van der Waals surface area contributed by atoms with Gasteiger partial charge in [0.25, 0.3) is 5.78 Å².